The average Bonchev–Trinajstić information content (AvgIpc) is 2.55. The number of nitrogens with zero attached hydrogens (tertiary/aromatic N) is 1. The summed E-state index contributed by atoms with van der Waals surface area (Å²) in [5.41, 5.74) is -0.781. The molecule has 0 amide bonds. The molecule has 0 unspecified atom stereocenters. The van der Waals surface area contributed by atoms with Gasteiger partial charge in [-0.3, -0.25) is 4.90 Å². The Morgan fingerprint density at radius 1 is 1.45 bits per heavy atom. The third kappa shape index (κ3) is 0.991. The minimum Gasteiger partial charge on any atom is -0.393 e. The summed E-state index contributed by atoms with van der Waals surface area (Å²) in [4.78, 5) is 2.29. The van der Waals surface area contributed by atoms with E-state index < -0.39 is 5.60 Å². The van der Waals surface area contributed by atoms with Crippen molar-refractivity contribution >= 4 is 0 Å². The van der Waals surface area contributed by atoms with Crippen LogP contribution in [0.3, 0.4) is 0 Å². The topological polar surface area (TPSA) is 43.7 Å². The van der Waals surface area contributed by atoms with E-state index in [1.54, 1.807) is 0 Å². The molecule has 2 saturated heterocycles. The Bertz CT molecular complexity index is 162. The first-order chi connectivity index (χ1) is 5.26. The standard InChI is InChI=1S/C8H15NO2/c10-6-8(11)3-5-9-4-1-2-7(8)9/h7,10-11H,1-6H2/t7-,8+/m0/s1. The predicted molar refractivity (Wildman–Crippen MR) is 41.2 cm³/mol. The van der Waals surface area contributed by atoms with Crippen molar-refractivity contribution in [2.45, 2.75) is 30.9 Å². The first kappa shape index (κ1) is 7.53. The van der Waals surface area contributed by atoms with Gasteiger partial charge in [-0.2, -0.15) is 0 Å². The van der Waals surface area contributed by atoms with Crippen LogP contribution in [-0.4, -0.2) is 46.5 Å². The van der Waals surface area contributed by atoms with Crippen LogP contribution in [0.2, 0.25) is 0 Å². The zero-order valence-corrected chi connectivity index (χ0v) is 6.66. The van der Waals surface area contributed by atoms with Gasteiger partial charge >= 0.3 is 0 Å². The average molecular weight is 157 g/mol. The van der Waals surface area contributed by atoms with E-state index >= 15 is 0 Å². The van der Waals surface area contributed by atoms with Gasteiger partial charge in [0.2, 0.25) is 0 Å². The highest BCUT2D eigenvalue weighted by atomic mass is 16.3. The maximum absolute atomic E-state index is 9.88. The molecule has 0 aromatic heterocycles. The normalized spacial score (nSPS) is 44.7. The Labute approximate surface area is 66.6 Å². The monoisotopic (exact) mass is 157 g/mol. The summed E-state index contributed by atoms with van der Waals surface area (Å²) < 4.78 is 0. The molecule has 2 aliphatic heterocycles. The molecule has 0 saturated carbocycles. The molecule has 64 valence electrons. The smallest absolute Gasteiger partial charge is 0.104 e. The Hall–Kier alpha value is -0.120. The lowest BCUT2D eigenvalue weighted by molar-refractivity contribution is -0.0335. The van der Waals surface area contributed by atoms with E-state index in [-0.39, 0.29) is 12.6 Å². The van der Waals surface area contributed by atoms with E-state index in [9.17, 15) is 5.11 Å². The number of fused-ring (bicyclic) bond motifs is 1. The molecule has 0 spiro atoms. The zero-order valence-electron chi connectivity index (χ0n) is 6.66. The van der Waals surface area contributed by atoms with Gasteiger partial charge in [0.25, 0.3) is 0 Å². The zero-order chi connectivity index (χ0) is 7.90. The summed E-state index contributed by atoms with van der Waals surface area (Å²) >= 11 is 0. The van der Waals surface area contributed by atoms with Crippen LogP contribution < -0.4 is 0 Å². The number of hydrogen-bond donors (Lipinski definition) is 2. The fourth-order valence-electron chi connectivity index (χ4n) is 2.39. The number of aliphatic hydroxyl groups excluding tert-OH is 1. The van der Waals surface area contributed by atoms with Crippen molar-refractivity contribution in [1.82, 2.24) is 4.90 Å². The molecular formula is C8H15NO2. The van der Waals surface area contributed by atoms with E-state index in [0.29, 0.717) is 0 Å². The summed E-state index contributed by atoms with van der Waals surface area (Å²) in [6.45, 7) is 1.99. The van der Waals surface area contributed by atoms with Gasteiger partial charge in [0.15, 0.2) is 0 Å². The third-order valence-corrected chi connectivity index (χ3v) is 3.09. The second-order valence-corrected chi connectivity index (χ2v) is 3.71. The molecule has 2 N–H and O–H groups in total. The molecule has 0 bridgehead atoms. The fraction of sp³-hybridized carbons (Fsp3) is 1.00. The Morgan fingerprint density at radius 3 is 3.00 bits per heavy atom. The van der Waals surface area contributed by atoms with Crippen LogP contribution in [0.25, 0.3) is 0 Å². The Balaban J connectivity index is 2.14. The number of aliphatic hydroxyl groups is 2. The van der Waals surface area contributed by atoms with Gasteiger partial charge in [-0.25, -0.2) is 0 Å². The maximum Gasteiger partial charge on any atom is 0.104 e. The summed E-state index contributed by atoms with van der Waals surface area (Å²) in [5.74, 6) is 0. The molecule has 2 fully saturated rings. The lowest BCUT2D eigenvalue weighted by atomic mass is 9.94. The Kier molecular flexibility index (Phi) is 1.67. The van der Waals surface area contributed by atoms with E-state index in [1.807, 2.05) is 0 Å². The van der Waals surface area contributed by atoms with E-state index in [4.69, 9.17) is 5.11 Å². The van der Waals surface area contributed by atoms with Crippen LogP contribution in [0.15, 0.2) is 0 Å². The molecule has 0 aromatic rings. The van der Waals surface area contributed by atoms with Gasteiger partial charge in [0, 0.05) is 12.6 Å². The summed E-state index contributed by atoms with van der Waals surface area (Å²) in [6, 6.07) is 0.243. The summed E-state index contributed by atoms with van der Waals surface area (Å²) in [5, 5.41) is 18.9. The molecule has 2 atom stereocenters. The van der Waals surface area contributed by atoms with Gasteiger partial charge in [0.05, 0.1) is 6.61 Å². The van der Waals surface area contributed by atoms with Crippen molar-refractivity contribution in [3.05, 3.63) is 0 Å². The van der Waals surface area contributed by atoms with Gasteiger partial charge in [-0.1, -0.05) is 0 Å². The van der Waals surface area contributed by atoms with Crippen molar-refractivity contribution in [2.24, 2.45) is 0 Å². The van der Waals surface area contributed by atoms with E-state index in [2.05, 4.69) is 4.90 Å². The molecule has 0 aromatic carbocycles. The summed E-state index contributed by atoms with van der Waals surface area (Å²) in [7, 11) is 0. The minimum absolute atomic E-state index is 0.0752. The minimum atomic E-state index is -0.781. The van der Waals surface area contributed by atoms with Gasteiger partial charge in [-0.15, -0.1) is 0 Å². The van der Waals surface area contributed by atoms with Crippen molar-refractivity contribution in [3.8, 4) is 0 Å². The predicted octanol–water partition coefficient (Wildman–Crippen LogP) is -0.422. The lowest BCUT2D eigenvalue weighted by Gasteiger charge is -2.27. The molecule has 3 heteroatoms. The van der Waals surface area contributed by atoms with Crippen LogP contribution in [0, 0.1) is 0 Å². The quantitative estimate of drug-likeness (QED) is 0.543. The van der Waals surface area contributed by atoms with Crippen LogP contribution >= 0.6 is 0 Å². The van der Waals surface area contributed by atoms with Crippen molar-refractivity contribution < 1.29 is 10.2 Å². The SMILES string of the molecule is OC[C@]1(O)CCN2CCC[C@H]21. The second-order valence-electron chi connectivity index (χ2n) is 3.71. The number of hydrogen-bond acceptors (Lipinski definition) is 3. The molecule has 0 aliphatic carbocycles. The van der Waals surface area contributed by atoms with Crippen LogP contribution in [-0.2, 0) is 0 Å². The molecular weight excluding hydrogens is 142 g/mol. The summed E-state index contributed by atoms with van der Waals surface area (Å²) in [6.07, 6.45) is 2.97. The molecule has 2 heterocycles. The molecule has 11 heavy (non-hydrogen) atoms. The molecule has 2 aliphatic rings. The highest BCUT2D eigenvalue weighted by Gasteiger charge is 2.47. The van der Waals surface area contributed by atoms with E-state index in [1.165, 1.54) is 6.42 Å². The third-order valence-electron chi connectivity index (χ3n) is 3.09. The largest absolute Gasteiger partial charge is 0.393 e. The molecule has 0 radical (unpaired) electrons. The van der Waals surface area contributed by atoms with E-state index in [0.717, 1.165) is 25.9 Å². The van der Waals surface area contributed by atoms with Crippen molar-refractivity contribution in [1.29, 1.82) is 0 Å². The van der Waals surface area contributed by atoms with Crippen LogP contribution in [0.4, 0.5) is 0 Å². The second kappa shape index (κ2) is 2.44. The fourth-order valence-corrected chi connectivity index (χ4v) is 2.39. The van der Waals surface area contributed by atoms with Crippen molar-refractivity contribution in [3.63, 3.8) is 0 Å². The molecule has 3 nitrogen and oxygen atoms in total. The van der Waals surface area contributed by atoms with Gasteiger partial charge in [-0.05, 0) is 25.8 Å². The first-order valence-electron chi connectivity index (χ1n) is 4.33. The first-order valence-corrected chi connectivity index (χ1v) is 4.33. The maximum atomic E-state index is 9.88. The highest BCUT2D eigenvalue weighted by Crippen LogP contribution is 2.35. The highest BCUT2D eigenvalue weighted by molar-refractivity contribution is 5.02. The van der Waals surface area contributed by atoms with Gasteiger partial charge < -0.3 is 10.2 Å². The number of rotatable bonds is 1. The Morgan fingerprint density at radius 2 is 2.27 bits per heavy atom. The molecule has 2 rings (SSSR count). The van der Waals surface area contributed by atoms with Crippen molar-refractivity contribution in [2.75, 3.05) is 19.7 Å². The van der Waals surface area contributed by atoms with Gasteiger partial charge in [0.1, 0.15) is 5.60 Å². The van der Waals surface area contributed by atoms with Crippen LogP contribution in [0.5, 0.6) is 0 Å². The lowest BCUT2D eigenvalue weighted by Crippen LogP contribution is -2.44. The van der Waals surface area contributed by atoms with Crippen LogP contribution in [0.1, 0.15) is 19.3 Å².